The van der Waals surface area contributed by atoms with E-state index in [0.717, 1.165) is 40.8 Å². The molecule has 2 aromatic rings. The number of Topliss-reactive ketones (excluding diaryl/α,β-unsaturated/α-hetero) is 1. The van der Waals surface area contributed by atoms with Gasteiger partial charge in [-0.1, -0.05) is 39.3 Å². The van der Waals surface area contributed by atoms with Crippen molar-refractivity contribution < 1.29 is 24.5 Å². The summed E-state index contributed by atoms with van der Waals surface area (Å²) in [7, 11) is 0. The number of hydrogen-bond acceptors (Lipinski definition) is 6. The molecule has 1 unspecified atom stereocenters. The van der Waals surface area contributed by atoms with E-state index in [4.69, 9.17) is 9.84 Å². The molecule has 1 atom stereocenters. The van der Waals surface area contributed by atoms with Crippen LogP contribution in [0.1, 0.15) is 71.1 Å². The highest BCUT2D eigenvalue weighted by Crippen LogP contribution is 2.29. The maximum atomic E-state index is 13.1. The van der Waals surface area contributed by atoms with Gasteiger partial charge in [0, 0.05) is 13.0 Å². The molecule has 1 aromatic carbocycles. The Bertz CT molecular complexity index is 943. The van der Waals surface area contributed by atoms with Gasteiger partial charge in [-0.05, 0) is 72.2 Å². The summed E-state index contributed by atoms with van der Waals surface area (Å²) >= 11 is 1.59. The Morgan fingerprint density at radius 2 is 1.82 bits per heavy atom. The van der Waals surface area contributed by atoms with Crippen molar-refractivity contribution in [2.75, 3.05) is 19.8 Å². The highest BCUT2D eigenvalue weighted by atomic mass is 32.1. The fourth-order valence-electron chi connectivity index (χ4n) is 4.10. The molecule has 6 nitrogen and oxygen atoms in total. The smallest absolute Gasteiger partial charge is 0.245 e. The number of aliphatic hydroxyl groups is 2. The number of aliphatic hydroxyl groups excluding tert-OH is 2. The van der Waals surface area contributed by atoms with Crippen LogP contribution in [0, 0.1) is 19.8 Å². The number of carbonyl (C=O) groups excluding carboxylic acids is 2. The van der Waals surface area contributed by atoms with Crippen LogP contribution in [0.15, 0.2) is 17.5 Å². The van der Waals surface area contributed by atoms with Crippen LogP contribution < -0.4 is 10.1 Å². The standard InChI is InChI=1S/C27H39NO5S/c1-6-7-23-21(10-17(2)3)16-34-27(23)24(31)9-8-20-11-18(4)26(19(5)12-20)33-15-22(30)13-28-25(32)14-29/h11-12,16-17,22,29-30H,6-10,13-15H2,1-5H3,(H,28,32). The number of aryl methyl sites for hydroxylation is 3. The molecule has 0 saturated carbocycles. The maximum absolute atomic E-state index is 13.1. The molecule has 0 fully saturated rings. The number of ether oxygens (including phenoxy) is 1. The molecule has 34 heavy (non-hydrogen) atoms. The van der Waals surface area contributed by atoms with Gasteiger partial charge >= 0.3 is 0 Å². The van der Waals surface area contributed by atoms with Gasteiger partial charge in [0.2, 0.25) is 5.91 Å². The van der Waals surface area contributed by atoms with E-state index in [0.29, 0.717) is 24.5 Å². The molecule has 0 aliphatic heterocycles. The lowest BCUT2D eigenvalue weighted by Gasteiger charge is -2.17. The summed E-state index contributed by atoms with van der Waals surface area (Å²) in [5.41, 5.74) is 5.54. The van der Waals surface area contributed by atoms with Crippen molar-refractivity contribution in [1.29, 1.82) is 0 Å². The first-order valence-electron chi connectivity index (χ1n) is 12.1. The monoisotopic (exact) mass is 489 g/mol. The number of hydrogen-bond donors (Lipinski definition) is 3. The van der Waals surface area contributed by atoms with Crippen LogP contribution in [0.4, 0.5) is 0 Å². The summed E-state index contributed by atoms with van der Waals surface area (Å²) in [5.74, 6) is 0.947. The SMILES string of the molecule is CCCc1c(CC(C)C)csc1C(=O)CCc1cc(C)c(OCC(O)CNC(=O)CO)c(C)c1. The molecule has 0 spiro atoms. The third-order valence-corrected chi connectivity index (χ3v) is 6.73. The van der Waals surface area contributed by atoms with Crippen molar-refractivity contribution in [2.45, 2.75) is 72.8 Å². The summed E-state index contributed by atoms with van der Waals surface area (Å²) in [4.78, 5) is 25.1. The second kappa shape index (κ2) is 13.6. The van der Waals surface area contributed by atoms with Crippen molar-refractivity contribution in [3.8, 4) is 5.75 Å². The Labute approximate surface area is 207 Å². The molecule has 1 heterocycles. The van der Waals surface area contributed by atoms with Gasteiger partial charge in [-0.3, -0.25) is 9.59 Å². The largest absolute Gasteiger partial charge is 0.490 e. The van der Waals surface area contributed by atoms with E-state index < -0.39 is 18.6 Å². The molecule has 0 radical (unpaired) electrons. The highest BCUT2D eigenvalue weighted by molar-refractivity contribution is 7.12. The van der Waals surface area contributed by atoms with Crippen molar-refractivity contribution in [1.82, 2.24) is 5.32 Å². The minimum absolute atomic E-state index is 0.0132. The van der Waals surface area contributed by atoms with E-state index in [-0.39, 0.29) is 18.9 Å². The first kappa shape index (κ1) is 28.0. The fourth-order valence-corrected chi connectivity index (χ4v) is 5.20. The van der Waals surface area contributed by atoms with Crippen LogP contribution in [-0.4, -0.2) is 47.8 Å². The summed E-state index contributed by atoms with van der Waals surface area (Å²) in [5, 5.41) is 23.3. The number of ketones is 1. The van der Waals surface area contributed by atoms with Gasteiger partial charge in [-0.2, -0.15) is 0 Å². The van der Waals surface area contributed by atoms with Gasteiger partial charge in [0.1, 0.15) is 25.1 Å². The predicted octanol–water partition coefficient (Wildman–Crippen LogP) is 4.18. The zero-order chi connectivity index (χ0) is 25.3. The molecule has 1 amide bonds. The molecule has 0 aliphatic rings. The van der Waals surface area contributed by atoms with Crippen LogP contribution in [0.3, 0.4) is 0 Å². The van der Waals surface area contributed by atoms with Crippen LogP contribution in [-0.2, 0) is 24.1 Å². The normalized spacial score (nSPS) is 12.1. The number of carbonyl (C=O) groups is 2. The number of thiophene rings is 1. The van der Waals surface area contributed by atoms with Crippen LogP contribution in [0.25, 0.3) is 0 Å². The zero-order valence-corrected chi connectivity index (χ0v) is 21.9. The number of benzene rings is 1. The van der Waals surface area contributed by atoms with E-state index in [1.165, 1.54) is 11.1 Å². The van der Waals surface area contributed by atoms with Crippen molar-refractivity contribution >= 4 is 23.0 Å². The Hall–Kier alpha value is -2.22. The maximum Gasteiger partial charge on any atom is 0.245 e. The van der Waals surface area contributed by atoms with E-state index in [1.54, 1.807) is 11.3 Å². The lowest BCUT2D eigenvalue weighted by Crippen LogP contribution is -2.36. The van der Waals surface area contributed by atoms with Crippen LogP contribution in [0.5, 0.6) is 5.75 Å². The van der Waals surface area contributed by atoms with E-state index in [9.17, 15) is 14.7 Å². The van der Waals surface area contributed by atoms with Crippen molar-refractivity contribution in [3.63, 3.8) is 0 Å². The van der Waals surface area contributed by atoms with E-state index in [2.05, 4.69) is 31.5 Å². The Balaban J connectivity index is 2.00. The highest BCUT2D eigenvalue weighted by Gasteiger charge is 2.18. The lowest BCUT2D eigenvalue weighted by molar-refractivity contribution is -0.124. The molecular weight excluding hydrogens is 450 g/mol. The van der Waals surface area contributed by atoms with Crippen LogP contribution >= 0.6 is 11.3 Å². The van der Waals surface area contributed by atoms with Crippen molar-refractivity contribution in [3.05, 3.63) is 50.2 Å². The minimum Gasteiger partial charge on any atom is -0.490 e. The number of nitrogens with one attached hydrogen (secondary N) is 1. The Morgan fingerprint density at radius 1 is 1.15 bits per heavy atom. The summed E-state index contributed by atoms with van der Waals surface area (Å²) < 4.78 is 5.79. The number of amides is 1. The van der Waals surface area contributed by atoms with Crippen LogP contribution in [0.2, 0.25) is 0 Å². The topological polar surface area (TPSA) is 95.9 Å². The van der Waals surface area contributed by atoms with E-state index >= 15 is 0 Å². The van der Waals surface area contributed by atoms with Gasteiger partial charge in [0.15, 0.2) is 5.78 Å². The quantitative estimate of drug-likeness (QED) is 0.346. The van der Waals surface area contributed by atoms with Gasteiger partial charge in [-0.15, -0.1) is 11.3 Å². The first-order valence-corrected chi connectivity index (χ1v) is 12.9. The third-order valence-electron chi connectivity index (χ3n) is 5.62. The molecule has 1 aromatic heterocycles. The second-order valence-electron chi connectivity index (χ2n) is 9.33. The third kappa shape index (κ3) is 8.22. The molecule has 0 saturated heterocycles. The minimum atomic E-state index is -0.879. The average Bonchev–Trinajstić information content (AvgIpc) is 3.17. The molecular formula is C27H39NO5S. The molecule has 2 rings (SSSR count). The van der Waals surface area contributed by atoms with Gasteiger partial charge in [0.25, 0.3) is 0 Å². The molecule has 7 heteroatoms. The van der Waals surface area contributed by atoms with Gasteiger partial charge in [0.05, 0.1) is 4.88 Å². The molecule has 188 valence electrons. The molecule has 0 bridgehead atoms. The van der Waals surface area contributed by atoms with Crippen molar-refractivity contribution in [2.24, 2.45) is 5.92 Å². The van der Waals surface area contributed by atoms with Gasteiger partial charge in [-0.25, -0.2) is 0 Å². The van der Waals surface area contributed by atoms with Gasteiger partial charge < -0.3 is 20.3 Å². The first-order chi connectivity index (χ1) is 16.2. The summed E-state index contributed by atoms with van der Waals surface area (Å²) in [6.07, 6.45) is 3.26. The predicted molar refractivity (Wildman–Crippen MR) is 137 cm³/mol. The summed E-state index contributed by atoms with van der Waals surface area (Å²) in [6, 6.07) is 4.06. The second-order valence-corrected chi connectivity index (χ2v) is 10.2. The Kier molecular flexibility index (Phi) is 11.2. The molecule has 0 aliphatic carbocycles. The fraction of sp³-hybridized carbons (Fsp3) is 0.556. The molecule has 3 N–H and O–H groups in total. The zero-order valence-electron chi connectivity index (χ0n) is 21.1. The summed E-state index contributed by atoms with van der Waals surface area (Å²) in [6.45, 7) is 9.91. The lowest BCUT2D eigenvalue weighted by atomic mass is 9.95. The average molecular weight is 490 g/mol. The number of rotatable bonds is 14. The van der Waals surface area contributed by atoms with E-state index in [1.807, 2.05) is 26.0 Å². The Morgan fingerprint density at radius 3 is 2.41 bits per heavy atom.